The van der Waals surface area contributed by atoms with Crippen molar-refractivity contribution in [2.24, 2.45) is 0 Å². The fourth-order valence-electron chi connectivity index (χ4n) is 2.17. The highest BCUT2D eigenvalue weighted by Crippen LogP contribution is 2.06. The van der Waals surface area contributed by atoms with Crippen LogP contribution < -0.4 is 15.5 Å². The molecule has 24 heavy (non-hydrogen) atoms. The number of rotatable bonds is 6. The maximum absolute atomic E-state index is 12.3. The molecule has 2 N–H and O–H groups in total. The molecule has 1 aromatic carbocycles. The number of H-pyrrole nitrogens is 1. The fourth-order valence-corrected chi connectivity index (χ4v) is 2.17. The van der Waals surface area contributed by atoms with Crippen LogP contribution in [0.2, 0.25) is 0 Å². The van der Waals surface area contributed by atoms with E-state index in [9.17, 15) is 14.4 Å². The standard InChI is InChI=1S/C17H18N2O5/c1-23-15-10-18-12(9-14(15)20)16(21)19-13(17(22)24-2)8-11-6-4-3-5-7-11/h3-7,9-10,13H,8H2,1-2H3,(H,18,20)(H,19,21). The third kappa shape index (κ3) is 4.22. The Morgan fingerprint density at radius 1 is 1.21 bits per heavy atom. The number of esters is 1. The van der Waals surface area contributed by atoms with Crippen molar-refractivity contribution < 1.29 is 19.1 Å². The van der Waals surface area contributed by atoms with E-state index in [1.807, 2.05) is 30.3 Å². The number of pyridine rings is 1. The van der Waals surface area contributed by atoms with Crippen LogP contribution in [0.1, 0.15) is 16.1 Å². The zero-order valence-electron chi connectivity index (χ0n) is 13.4. The molecule has 1 heterocycles. The second kappa shape index (κ2) is 7.96. The van der Waals surface area contributed by atoms with Gasteiger partial charge in [-0.2, -0.15) is 0 Å². The molecule has 2 rings (SSSR count). The molecule has 126 valence electrons. The molecule has 0 saturated carbocycles. The van der Waals surface area contributed by atoms with E-state index in [1.54, 1.807) is 0 Å². The molecule has 0 spiro atoms. The summed E-state index contributed by atoms with van der Waals surface area (Å²) < 4.78 is 9.58. The molecule has 0 radical (unpaired) electrons. The molecular weight excluding hydrogens is 312 g/mol. The van der Waals surface area contributed by atoms with E-state index >= 15 is 0 Å². The number of nitrogens with one attached hydrogen (secondary N) is 2. The molecule has 7 nitrogen and oxygen atoms in total. The van der Waals surface area contributed by atoms with Gasteiger partial charge in [-0.1, -0.05) is 30.3 Å². The Labute approximate surface area is 138 Å². The molecule has 0 aliphatic carbocycles. The zero-order chi connectivity index (χ0) is 17.5. The summed E-state index contributed by atoms with van der Waals surface area (Å²) in [4.78, 5) is 38.6. The van der Waals surface area contributed by atoms with Gasteiger partial charge in [0.25, 0.3) is 5.91 Å². The van der Waals surface area contributed by atoms with Gasteiger partial charge < -0.3 is 19.8 Å². The molecule has 1 aromatic heterocycles. The Bertz CT molecular complexity index is 770. The average Bonchev–Trinajstić information content (AvgIpc) is 2.61. The van der Waals surface area contributed by atoms with Crippen LogP contribution in [0, 0.1) is 0 Å². The molecule has 1 amide bonds. The van der Waals surface area contributed by atoms with E-state index < -0.39 is 23.3 Å². The van der Waals surface area contributed by atoms with Crippen LogP contribution >= 0.6 is 0 Å². The first-order chi connectivity index (χ1) is 11.5. The van der Waals surface area contributed by atoms with Crippen LogP contribution in [0.5, 0.6) is 5.75 Å². The van der Waals surface area contributed by atoms with Gasteiger partial charge in [0.2, 0.25) is 5.43 Å². The number of methoxy groups -OCH3 is 2. The van der Waals surface area contributed by atoms with Crippen LogP contribution in [-0.2, 0) is 16.0 Å². The summed E-state index contributed by atoms with van der Waals surface area (Å²) in [5, 5.41) is 2.57. The minimum atomic E-state index is -0.865. The smallest absolute Gasteiger partial charge is 0.328 e. The van der Waals surface area contributed by atoms with Crippen LogP contribution in [0.3, 0.4) is 0 Å². The SMILES string of the molecule is COC(=O)C(Cc1ccccc1)NC(=O)c1cc(=O)c(OC)c[nH]1. The van der Waals surface area contributed by atoms with E-state index in [4.69, 9.17) is 9.47 Å². The summed E-state index contributed by atoms with van der Waals surface area (Å²) in [6.07, 6.45) is 1.57. The quantitative estimate of drug-likeness (QED) is 0.767. The van der Waals surface area contributed by atoms with Crippen LogP contribution in [0.15, 0.2) is 47.4 Å². The molecule has 0 fully saturated rings. The maximum atomic E-state index is 12.3. The number of carbonyl (C=O) groups is 2. The van der Waals surface area contributed by atoms with Gasteiger partial charge in [-0.3, -0.25) is 9.59 Å². The Balaban J connectivity index is 2.16. The number of amides is 1. The topological polar surface area (TPSA) is 97.5 Å². The lowest BCUT2D eigenvalue weighted by atomic mass is 10.1. The third-order valence-electron chi connectivity index (χ3n) is 3.42. The average molecular weight is 330 g/mol. The minimum absolute atomic E-state index is 0.0303. The summed E-state index contributed by atoms with van der Waals surface area (Å²) >= 11 is 0. The van der Waals surface area contributed by atoms with Crippen LogP contribution in [0.25, 0.3) is 0 Å². The van der Waals surface area contributed by atoms with Crippen molar-refractivity contribution in [2.45, 2.75) is 12.5 Å². The highest BCUT2D eigenvalue weighted by molar-refractivity contribution is 5.95. The number of hydrogen-bond acceptors (Lipinski definition) is 5. The highest BCUT2D eigenvalue weighted by atomic mass is 16.5. The second-order valence-corrected chi connectivity index (χ2v) is 5.02. The van der Waals surface area contributed by atoms with Gasteiger partial charge in [0, 0.05) is 18.7 Å². The summed E-state index contributed by atoms with van der Waals surface area (Å²) in [5.41, 5.74) is 0.471. The monoisotopic (exact) mass is 330 g/mol. The fraction of sp³-hybridized carbons (Fsp3) is 0.235. The van der Waals surface area contributed by atoms with E-state index in [-0.39, 0.29) is 17.9 Å². The highest BCUT2D eigenvalue weighted by Gasteiger charge is 2.23. The van der Waals surface area contributed by atoms with E-state index in [1.165, 1.54) is 20.4 Å². The first kappa shape index (κ1) is 17.3. The zero-order valence-corrected chi connectivity index (χ0v) is 13.4. The Hall–Kier alpha value is -3.09. The van der Waals surface area contributed by atoms with Crippen molar-refractivity contribution in [3.63, 3.8) is 0 Å². The molecule has 2 aromatic rings. The molecule has 1 unspecified atom stereocenters. The molecular formula is C17H18N2O5. The summed E-state index contributed by atoms with van der Waals surface area (Å²) in [7, 11) is 2.61. The van der Waals surface area contributed by atoms with Crippen molar-refractivity contribution in [1.82, 2.24) is 10.3 Å². The molecule has 0 aliphatic heterocycles. The van der Waals surface area contributed by atoms with Gasteiger partial charge in [-0.25, -0.2) is 4.79 Å². The number of benzene rings is 1. The van der Waals surface area contributed by atoms with Crippen molar-refractivity contribution >= 4 is 11.9 Å². The number of carbonyl (C=O) groups excluding carboxylic acids is 2. The molecule has 0 aliphatic rings. The normalized spacial score (nSPS) is 11.4. The Morgan fingerprint density at radius 2 is 1.92 bits per heavy atom. The summed E-state index contributed by atoms with van der Waals surface area (Å²) in [6, 6.07) is 9.48. The van der Waals surface area contributed by atoms with Crippen molar-refractivity contribution in [2.75, 3.05) is 14.2 Å². The van der Waals surface area contributed by atoms with Crippen LogP contribution in [0.4, 0.5) is 0 Å². The first-order valence-electron chi connectivity index (χ1n) is 7.24. The van der Waals surface area contributed by atoms with Gasteiger partial charge in [-0.15, -0.1) is 0 Å². The maximum Gasteiger partial charge on any atom is 0.328 e. The summed E-state index contributed by atoms with van der Waals surface area (Å²) in [5.74, 6) is -1.05. The predicted octanol–water partition coefficient (Wildman–Crippen LogP) is 0.898. The van der Waals surface area contributed by atoms with Gasteiger partial charge in [0.15, 0.2) is 5.75 Å². The van der Waals surface area contributed by atoms with E-state index in [2.05, 4.69) is 10.3 Å². The van der Waals surface area contributed by atoms with Gasteiger partial charge >= 0.3 is 5.97 Å². The molecule has 1 atom stereocenters. The number of aromatic amines is 1. The predicted molar refractivity (Wildman–Crippen MR) is 87.0 cm³/mol. The summed E-state index contributed by atoms with van der Waals surface area (Å²) in [6.45, 7) is 0. The molecule has 7 heteroatoms. The lowest BCUT2D eigenvalue weighted by molar-refractivity contribution is -0.142. The third-order valence-corrected chi connectivity index (χ3v) is 3.42. The van der Waals surface area contributed by atoms with E-state index in [0.29, 0.717) is 0 Å². The Morgan fingerprint density at radius 3 is 2.50 bits per heavy atom. The van der Waals surface area contributed by atoms with Crippen molar-refractivity contribution in [3.8, 4) is 5.75 Å². The lowest BCUT2D eigenvalue weighted by Gasteiger charge is -2.16. The second-order valence-electron chi connectivity index (χ2n) is 5.02. The number of ether oxygens (including phenoxy) is 2. The van der Waals surface area contributed by atoms with Gasteiger partial charge in [-0.05, 0) is 5.56 Å². The van der Waals surface area contributed by atoms with Crippen molar-refractivity contribution in [3.05, 3.63) is 64.1 Å². The Kier molecular flexibility index (Phi) is 5.73. The largest absolute Gasteiger partial charge is 0.491 e. The number of hydrogen-bond donors (Lipinski definition) is 2. The first-order valence-corrected chi connectivity index (χ1v) is 7.24. The molecule has 0 bridgehead atoms. The lowest BCUT2D eigenvalue weighted by Crippen LogP contribution is -2.43. The van der Waals surface area contributed by atoms with Gasteiger partial charge in [0.05, 0.1) is 14.2 Å². The number of aromatic nitrogens is 1. The molecule has 0 saturated heterocycles. The van der Waals surface area contributed by atoms with Gasteiger partial charge in [0.1, 0.15) is 11.7 Å². The van der Waals surface area contributed by atoms with E-state index in [0.717, 1.165) is 11.6 Å². The van der Waals surface area contributed by atoms with Crippen LogP contribution in [-0.4, -0.2) is 37.1 Å². The van der Waals surface area contributed by atoms with Crippen molar-refractivity contribution in [1.29, 1.82) is 0 Å². The minimum Gasteiger partial charge on any atom is -0.491 e.